The second-order valence-corrected chi connectivity index (χ2v) is 4.29. The van der Waals surface area contributed by atoms with E-state index in [9.17, 15) is 4.79 Å². The Morgan fingerprint density at radius 2 is 2.16 bits per heavy atom. The minimum Gasteiger partial charge on any atom is -0.469 e. The van der Waals surface area contributed by atoms with Crippen molar-refractivity contribution in [3.05, 3.63) is 59.2 Å². The van der Waals surface area contributed by atoms with Gasteiger partial charge in [0.25, 0.3) is 0 Å². The van der Waals surface area contributed by atoms with Crippen LogP contribution in [0.15, 0.2) is 41.1 Å². The van der Waals surface area contributed by atoms with Crippen molar-refractivity contribution >= 4 is 16.7 Å². The molecule has 0 atom stereocenters. The fraction of sp³-hybridized carbons (Fsp3) is 0.0667. The third-order valence-electron chi connectivity index (χ3n) is 3.16. The van der Waals surface area contributed by atoms with Gasteiger partial charge in [-0.1, -0.05) is 6.07 Å². The van der Waals surface area contributed by atoms with Crippen LogP contribution in [0.2, 0.25) is 0 Å². The number of nitrogens with one attached hydrogen (secondary N) is 1. The molecule has 0 aliphatic heterocycles. The summed E-state index contributed by atoms with van der Waals surface area (Å²) in [7, 11) is 0. The van der Waals surface area contributed by atoms with Gasteiger partial charge in [-0.2, -0.15) is 5.26 Å². The Labute approximate surface area is 109 Å². The van der Waals surface area contributed by atoms with Crippen molar-refractivity contribution in [2.45, 2.75) is 6.92 Å². The van der Waals surface area contributed by atoms with E-state index < -0.39 is 0 Å². The van der Waals surface area contributed by atoms with Crippen molar-refractivity contribution in [3.63, 3.8) is 0 Å². The van der Waals surface area contributed by atoms with Gasteiger partial charge < -0.3 is 9.40 Å². The maximum absolute atomic E-state index is 12.4. The number of aromatic nitrogens is 1. The predicted octanol–water partition coefficient (Wildman–Crippen LogP) is 3.17. The van der Waals surface area contributed by atoms with E-state index in [0.29, 0.717) is 22.5 Å². The first kappa shape index (κ1) is 11.3. The standard InChI is InChI=1S/C15H10N2O2/c1-9-11(4-5-19-9)15(18)13-8-17-14-6-10(7-16)2-3-12(13)14/h2-6,8,17H,1H3. The summed E-state index contributed by atoms with van der Waals surface area (Å²) >= 11 is 0. The number of benzene rings is 1. The average Bonchev–Trinajstić information content (AvgIpc) is 3.03. The van der Waals surface area contributed by atoms with Crippen LogP contribution in [-0.4, -0.2) is 10.8 Å². The highest BCUT2D eigenvalue weighted by Gasteiger charge is 2.17. The third kappa shape index (κ3) is 1.72. The average molecular weight is 250 g/mol. The number of ketones is 1. The molecule has 2 heterocycles. The highest BCUT2D eigenvalue weighted by molar-refractivity contribution is 6.16. The van der Waals surface area contributed by atoms with E-state index in [1.165, 1.54) is 6.26 Å². The molecule has 92 valence electrons. The Kier molecular flexibility index (Phi) is 2.46. The Hall–Kier alpha value is -2.80. The van der Waals surface area contributed by atoms with Crippen LogP contribution in [0.5, 0.6) is 0 Å². The zero-order chi connectivity index (χ0) is 13.4. The molecule has 2 aromatic heterocycles. The number of hydrogen-bond donors (Lipinski definition) is 1. The molecule has 0 aliphatic rings. The highest BCUT2D eigenvalue weighted by Crippen LogP contribution is 2.23. The zero-order valence-corrected chi connectivity index (χ0v) is 10.2. The Morgan fingerprint density at radius 1 is 1.32 bits per heavy atom. The van der Waals surface area contributed by atoms with Crippen molar-refractivity contribution in [3.8, 4) is 6.07 Å². The van der Waals surface area contributed by atoms with E-state index in [1.807, 2.05) is 0 Å². The van der Waals surface area contributed by atoms with Crippen LogP contribution in [0.1, 0.15) is 27.2 Å². The molecule has 0 bridgehead atoms. The lowest BCUT2D eigenvalue weighted by Crippen LogP contribution is -2.00. The lowest BCUT2D eigenvalue weighted by atomic mass is 10.0. The van der Waals surface area contributed by atoms with E-state index in [-0.39, 0.29) is 5.78 Å². The molecule has 0 amide bonds. The van der Waals surface area contributed by atoms with E-state index in [2.05, 4.69) is 11.1 Å². The molecule has 0 spiro atoms. The highest BCUT2D eigenvalue weighted by atomic mass is 16.3. The number of carbonyl (C=O) groups excluding carboxylic acids is 1. The predicted molar refractivity (Wildman–Crippen MR) is 69.9 cm³/mol. The summed E-state index contributed by atoms with van der Waals surface area (Å²) in [5, 5.41) is 9.67. The van der Waals surface area contributed by atoms with Gasteiger partial charge in [-0.05, 0) is 25.1 Å². The van der Waals surface area contributed by atoms with Crippen molar-refractivity contribution in [1.82, 2.24) is 4.98 Å². The molecule has 1 aromatic carbocycles. The topological polar surface area (TPSA) is 69.8 Å². The molecular formula is C15H10N2O2. The normalized spacial score (nSPS) is 10.5. The first-order chi connectivity index (χ1) is 9.20. The summed E-state index contributed by atoms with van der Waals surface area (Å²) in [4.78, 5) is 15.4. The SMILES string of the molecule is Cc1occc1C(=O)c1c[nH]c2cc(C#N)ccc12. The van der Waals surface area contributed by atoms with E-state index >= 15 is 0 Å². The molecule has 1 N–H and O–H groups in total. The number of furan rings is 1. The number of rotatable bonds is 2. The molecule has 0 aliphatic carbocycles. The van der Waals surface area contributed by atoms with Gasteiger partial charge in [-0.15, -0.1) is 0 Å². The van der Waals surface area contributed by atoms with Gasteiger partial charge in [-0.25, -0.2) is 0 Å². The van der Waals surface area contributed by atoms with Gasteiger partial charge in [0, 0.05) is 22.7 Å². The smallest absolute Gasteiger partial charge is 0.198 e. The van der Waals surface area contributed by atoms with Crippen molar-refractivity contribution in [2.24, 2.45) is 0 Å². The molecule has 3 rings (SSSR count). The van der Waals surface area contributed by atoms with Crippen LogP contribution in [0.25, 0.3) is 10.9 Å². The van der Waals surface area contributed by atoms with Gasteiger partial charge in [0.15, 0.2) is 5.78 Å². The largest absolute Gasteiger partial charge is 0.469 e. The second-order valence-electron chi connectivity index (χ2n) is 4.29. The Bertz CT molecular complexity index is 818. The van der Waals surface area contributed by atoms with E-state index in [0.717, 1.165) is 10.9 Å². The number of hydrogen-bond acceptors (Lipinski definition) is 3. The summed E-state index contributed by atoms with van der Waals surface area (Å²) in [6.07, 6.45) is 3.17. The van der Waals surface area contributed by atoms with Crippen LogP contribution < -0.4 is 0 Å². The molecule has 0 unspecified atom stereocenters. The van der Waals surface area contributed by atoms with Gasteiger partial charge >= 0.3 is 0 Å². The van der Waals surface area contributed by atoms with Gasteiger partial charge in [-0.3, -0.25) is 4.79 Å². The van der Waals surface area contributed by atoms with Crippen molar-refractivity contribution in [1.29, 1.82) is 5.26 Å². The maximum Gasteiger partial charge on any atom is 0.198 e. The number of fused-ring (bicyclic) bond motifs is 1. The minimum absolute atomic E-state index is 0.0813. The Morgan fingerprint density at radius 3 is 2.84 bits per heavy atom. The first-order valence-electron chi connectivity index (χ1n) is 5.80. The molecule has 19 heavy (non-hydrogen) atoms. The first-order valence-corrected chi connectivity index (χ1v) is 5.80. The van der Waals surface area contributed by atoms with Crippen LogP contribution in [0.3, 0.4) is 0 Å². The number of aromatic amines is 1. The number of nitrogens with zero attached hydrogens (tertiary/aromatic N) is 1. The number of H-pyrrole nitrogens is 1. The van der Waals surface area contributed by atoms with Crippen LogP contribution >= 0.6 is 0 Å². The van der Waals surface area contributed by atoms with Crippen LogP contribution in [0.4, 0.5) is 0 Å². The van der Waals surface area contributed by atoms with E-state index in [1.54, 1.807) is 37.4 Å². The fourth-order valence-corrected chi connectivity index (χ4v) is 2.15. The number of aryl methyl sites for hydroxylation is 1. The molecule has 0 saturated carbocycles. The summed E-state index contributed by atoms with van der Waals surface area (Å²) in [6, 6.07) is 8.96. The van der Waals surface area contributed by atoms with Crippen LogP contribution in [-0.2, 0) is 0 Å². The van der Waals surface area contributed by atoms with E-state index in [4.69, 9.17) is 9.68 Å². The third-order valence-corrected chi connectivity index (χ3v) is 3.16. The summed E-state index contributed by atoms with van der Waals surface area (Å²) in [5.74, 6) is 0.523. The number of nitriles is 1. The lowest BCUT2D eigenvalue weighted by Gasteiger charge is -1.98. The Balaban J connectivity index is 2.14. The second kappa shape index (κ2) is 4.14. The maximum atomic E-state index is 12.4. The molecule has 0 saturated heterocycles. The zero-order valence-electron chi connectivity index (χ0n) is 10.2. The van der Waals surface area contributed by atoms with Crippen LogP contribution in [0, 0.1) is 18.3 Å². The minimum atomic E-state index is -0.0813. The fourth-order valence-electron chi connectivity index (χ4n) is 2.15. The molecule has 4 heteroatoms. The molecular weight excluding hydrogens is 240 g/mol. The molecule has 4 nitrogen and oxygen atoms in total. The van der Waals surface area contributed by atoms with Crippen molar-refractivity contribution in [2.75, 3.05) is 0 Å². The molecule has 0 fully saturated rings. The number of carbonyl (C=O) groups is 1. The molecule has 3 aromatic rings. The van der Waals surface area contributed by atoms with Gasteiger partial charge in [0.05, 0.1) is 23.5 Å². The summed E-state index contributed by atoms with van der Waals surface area (Å²) < 4.78 is 5.16. The monoisotopic (exact) mass is 250 g/mol. The summed E-state index contributed by atoms with van der Waals surface area (Å²) in [5.41, 5.74) is 2.49. The van der Waals surface area contributed by atoms with Crippen molar-refractivity contribution < 1.29 is 9.21 Å². The lowest BCUT2D eigenvalue weighted by molar-refractivity contribution is 0.103. The van der Waals surface area contributed by atoms with Gasteiger partial charge in [0.1, 0.15) is 5.76 Å². The summed E-state index contributed by atoms with van der Waals surface area (Å²) in [6.45, 7) is 1.76. The molecule has 0 radical (unpaired) electrons. The quantitative estimate of drug-likeness (QED) is 0.710. The van der Waals surface area contributed by atoms with Gasteiger partial charge in [0.2, 0.25) is 0 Å².